The molecule has 2 nitrogen and oxygen atoms in total. The molecule has 0 heterocycles. The zero-order chi connectivity index (χ0) is 12.8. The summed E-state index contributed by atoms with van der Waals surface area (Å²) in [4.78, 5) is 0. The van der Waals surface area contributed by atoms with Crippen LogP contribution < -0.4 is 10.5 Å². The highest BCUT2D eigenvalue weighted by molar-refractivity contribution is 5.85. The summed E-state index contributed by atoms with van der Waals surface area (Å²) in [5.74, 6) is 6.49. The molecular weight excluding hydrogens is 229 g/mol. The number of hydrogen-bond donors (Lipinski definition) is 1. The second-order valence-corrected chi connectivity index (χ2v) is 3.77. The summed E-state index contributed by atoms with van der Waals surface area (Å²) < 4.78 is 17.3. The van der Waals surface area contributed by atoms with Crippen molar-refractivity contribution in [2.24, 2.45) is 5.73 Å². The summed E-state index contributed by atoms with van der Waals surface area (Å²) in [6.07, 6.45) is 0. The summed E-state index contributed by atoms with van der Waals surface area (Å²) >= 11 is 0. The van der Waals surface area contributed by atoms with Gasteiger partial charge in [0.2, 0.25) is 0 Å². The summed E-state index contributed by atoms with van der Waals surface area (Å²) in [7, 11) is 0. The van der Waals surface area contributed by atoms with E-state index in [9.17, 15) is 4.39 Å². The van der Waals surface area contributed by atoms with E-state index in [1.807, 2.05) is 36.4 Å². The van der Waals surface area contributed by atoms with Crippen molar-refractivity contribution >= 4 is 10.8 Å². The molecule has 18 heavy (non-hydrogen) atoms. The number of nitrogens with two attached hydrogens (primary N) is 1. The van der Waals surface area contributed by atoms with E-state index in [1.165, 1.54) is 0 Å². The highest BCUT2D eigenvalue weighted by Crippen LogP contribution is 2.21. The molecule has 2 aromatic carbocycles. The summed E-state index contributed by atoms with van der Waals surface area (Å²) in [6.45, 7) is -0.0364. The number of ether oxygens (including phenoxy) is 1. The third-order valence-electron chi connectivity index (χ3n) is 2.49. The average Bonchev–Trinajstić information content (AvgIpc) is 2.42. The minimum Gasteiger partial charge on any atom is -0.491 e. The van der Waals surface area contributed by atoms with Gasteiger partial charge in [0.05, 0.1) is 6.54 Å². The molecule has 0 unspecified atom stereocenters. The third kappa shape index (κ3) is 2.99. The van der Waals surface area contributed by atoms with E-state index in [0.29, 0.717) is 12.3 Å². The van der Waals surface area contributed by atoms with Crippen LogP contribution in [0.15, 0.2) is 36.4 Å². The first-order chi connectivity index (χ1) is 8.83. The Kier molecular flexibility index (Phi) is 4.16. The minimum absolute atomic E-state index is 0.0889. The van der Waals surface area contributed by atoms with Crippen LogP contribution in [0.2, 0.25) is 0 Å². The molecule has 2 aromatic rings. The number of fused-ring (bicyclic) bond motifs is 1. The molecule has 2 N–H and O–H groups in total. The molecule has 3 heteroatoms. The Morgan fingerprint density at radius 2 is 1.89 bits per heavy atom. The van der Waals surface area contributed by atoms with Crippen molar-refractivity contribution in [1.29, 1.82) is 0 Å². The molecular formula is C15H14FNO. The lowest BCUT2D eigenvalue weighted by atomic mass is 10.1. The SMILES string of the molecule is NCC#Cc1ccc2cc(OCCF)ccc2c1. The Morgan fingerprint density at radius 1 is 1.11 bits per heavy atom. The van der Waals surface area contributed by atoms with E-state index in [0.717, 1.165) is 16.3 Å². The van der Waals surface area contributed by atoms with Crippen LogP contribution in [0.4, 0.5) is 4.39 Å². The van der Waals surface area contributed by atoms with Gasteiger partial charge in [-0.2, -0.15) is 0 Å². The fourth-order valence-electron chi connectivity index (χ4n) is 1.70. The van der Waals surface area contributed by atoms with Crippen LogP contribution in [-0.4, -0.2) is 19.8 Å². The van der Waals surface area contributed by atoms with Gasteiger partial charge in [0.1, 0.15) is 19.0 Å². The first-order valence-corrected chi connectivity index (χ1v) is 5.75. The second-order valence-electron chi connectivity index (χ2n) is 3.77. The number of rotatable bonds is 3. The Labute approximate surface area is 106 Å². The molecule has 0 atom stereocenters. The number of halogens is 1. The molecule has 0 bridgehead atoms. The Hall–Kier alpha value is -2.05. The Bertz CT molecular complexity index is 598. The van der Waals surface area contributed by atoms with Gasteiger partial charge >= 0.3 is 0 Å². The van der Waals surface area contributed by atoms with Crippen molar-refractivity contribution < 1.29 is 9.13 Å². The first kappa shape index (κ1) is 12.4. The molecule has 0 radical (unpaired) electrons. The Morgan fingerprint density at radius 3 is 2.67 bits per heavy atom. The molecule has 0 aromatic heterocycles. The van der Waals surface area contributed by atoms with E-state index in [2.05, 4.69) is 11.8 Å². The molecule has 0 saturated carbocycles. The minimum atomic E-state index is -0.481. The quantitative estimate of drug-likeness (QED) is 0.841. The number of benzene rings is 2. The maximum absolute atomic E-state index is 12.0. The van der Waals surface area contributed by atoms with Crippen LogP contribution in [0.25, 0.3) is 10.8 Å². The number of alkyl halides is 1. The lowest BCUT2D eigenvalue weighted by Gasteiger charge is -2.05. The van der Waals surface area contributed by atoms with Gasteiger partial charge in [0, 0.05) is 5.56 Å². The molecule has 0 aliphatic heterocycles. The van der Waals surface area contributed by atoms with Crippen molar-refractivity contribution in [3.8, 4) is 17.6 Å². The number of hydrogen-bond acceptors (Lipinski definition) is 2. The lowest BCUT2D eigenvalue weighted by molar-refractivity contribution is 0.273. The van der Waals surface area contributed by atoms with Gasteiger partial charge in [0.15, 0.2) is 0 Å². The van der Waals surface area contributed by atoms with Crippen molar-refractivity contribution in [2.75, 3.05) is 19.8 Å². The molecule has 0 aliphatic rings. The van der Waals surface area contributed by atoms with Crippen molar-refractivity contribution in [2.45, 2.75) is 0 Å². The van der Waals surface area contributed by atoms with Crippen molar-refractivity contribution in [1.82, 2.24) is 0 Å². The molecule has 0 saturated heterocycles. The highest BCUT2D eigenvalue weighted by atomic mass is 19.1. The van der Waals surface area contributed by atoms with Gasteiger partial charge in [-0.1, -0.05) is 24.0 Å². The molecule has 0 fully saturated rings. The van der Waals surface area contributed by atoms with Crippen LogP contribution in [0.3, 0.4) is 0 Å². The molecule has 2 rings (SSSR count). The molecule has 0 aliphatic carbocycles. The van der Waals surface area contributed by atoms with E-state index in [-0.39, 0.29) is 6.61 Å². The van der Waals surface area contributed by atoms with E-state index < -0.39 is 6.67 Å². The smallest absolute Gasteiger partial charge is 0.123 e. The zero-order valence-corrected chi connectivity index (χ0v) is 9.95. The largest absolute Gasteiger partial charge is 0.491 e. The van der Waals surface area contributed by atoms with Gasteiger partial charge in [0.25, 0.3) is 0 Å². The summed E-state index contributed by atoms with van der Waals surface area (Å²) in [5.41, 5.74) is 6.27. The van der Waals surface area contributed by atoms with Gasteiger partial charge in [-0.3, -0.25) is 0 Å². The molecule has 0 amide bonds. The standard InChI is InChI=1S/C15H14FNO/c16-7-9-18-15-6-5-13-10-12(2-1-8-17)3-4-14(13)11-15/h3-6,10-11H,7-9,17H2. The van der Waals surface area contributed by atoms with Crippen LogP contribution in [0.5, 0.6) is 5.75 Å². The van der Waals surface area contributed by atoms with Gasteiger partial charge in [-0.15, -0.1) is 0 Å². The van der Waals surface area contributed by atoms with Crippen LogP contribution >= 0.6 is 0 Å². The zero-order valence-electron chi connectivity index (χ0n) is 9.95. The maximum atomic E-state index is 12.0. The predicted molar refractivity (Wildman–Crippen MR) is 71.4 cm³/mol. The third-order valence-corrected chi connectivity index (χ3v) is 2.49. The van der Waals surface area contributed by atoms with E-state index in [1.54, 1.807) is 0 Å². The summed E-state index contributed by atoms with van der Waals surface area (Å²) in [6, 6.07) is 11.6. The van der Waals surface area contributed by atoms with Crippen molar-refractivity contribution in [3.05, 3.63) is 42.0 Å². The van der Waals surface area contributed by atoms with Crippen LogP contribution in [-0.2, 0) is 0 Å². The first-order valence-electron chi connectivity index (χ1n) is 5.75. The topological polar surface area (TPSA) is 35.2 Å². The van der Waals surface area contributed by atoms with E-state index >= 15 is 0 Å². The van der Waals surface area contributed by atoms with Crippen LogP contribution in [0, 0.1) is 11.8 Å². The fraction of sp³-hybridized carbons (Fsp3) is 0.200. The average molecular weight is 243 g/mol. The van der Waals surface area contributed by atoms with Gasteiger partial charge < -0.3 is 10.5 Å². The lowest BCUT2D eigenvalue weighted by Crippen LogP contribution is -1.98. The van der Waals surface area contributed by atoms with Gasteiger partial charge in [-0.05, 0) is 35.0 Å². The molecule has 0 spiro atoms. The molecule has 92 valence electrons. The Balaban J connectivity index is 2.30. The van der Waals surface area contributed by atoms with Crippen LogP contribution in [0.1, 0.15) is 5.56 Å². The fourth-order valence-corrected chi connectivity index (χ4v) is 1.70. The van der Waals surface area contributed by atoms with E-state index in [4.69, 9.17) is 10.5 Å². The monoisotopic (exact) mass is 243 g/mol. The van der Waals surface area contributed by atoms with Gasteiger partial charge in [-0.25, -0.2) is 4.39 Å². The summed E-state index contributed by atoms with van der Waals surface area (Å²) in [5, 5.41) is 2.12. The normalized spacial score (nSPS) is 9.89. The predicted octanol–water partition coefficient (Wildman–Crippen LogP) is 2.50. The highest BCUT2D eigenvalue weighted by Gasteiger charge is 1.98. The maximum Gasteiger partial charge on any atom is 0.123 e. The second kappa shape index (κ2) is 6.04. The van der Waals surface area contributed by atoms with Crippen molar-refractivity contribution in [3.63, 3.8) is 0 Å².